The first-order valence-corrected chi connectivity index (χ1v) is 9.85. The van der Waals surface area contributed by atoms with E-state index in [1.165, 1.54) is 7.11 Å². The Morgan fingerprint density at radius 2 is 1.26 bits per heavy atom. The molecular weight excluding hydrogens is 420 g/mol. The van der Waals surface area contributed by atoms with E-state index in [2.05, 4.69) is 0 Å². The number of methoxy groups -OCH3 is 3. The third-order valence-electron chi connectivity index (χ3n) is 4.56. The Hall–Kier alpha value is -3.38. The largest absolute Gasteiger partial charge is 0.497 e. The molecule has 0 N–H and O–H groups in total. The van der Waals surface area contributed by atoms with Gasteiger partial charge in [-0.2, -0.15) is 0 Å². The van der Waals surface area contributed by atoms with Crippen molar-refractivity contribution in [2.75, 3.05) is 21.3 Å². The summed E-state index contributed by atoms with van der Waals surface area (Å²) in [5.74, 6) is 1.65. The Kier molecular flexibility index (Phi) is 7.62. The van der Waals surface area contributed by atoms with Crippen molar-refractivity contribution >= 4 is 17.6 Å². The number of halogens is 1. The molecule has 31 heavy (non-hydrogen) atoms. The Labute approximate surface area is 186 Å². The second-order valence-electron chi connectivity index (χ2n) is 6.52. The van der Waals surface area contributed by atoms with E-state index in [4.69, 9.17) is 35.3 Å². The summed E-state index contributed by atoms with van der Waals surface area (Å²) in [6.07, 6.45) is 0. The summed E-state index contributed by atoms with van der Waals surface area (Å²) in [5, 5.41) is 0.132. The smallest absolute Gasteiger partial charge is 0.339 e. The molecule has 0 bridgehead atoms. The predicted molar refractivity (Wildman–Crippen MR) is 117 cm³/mol. The molecule has 0 saturated carbocycles. The van der Waals surface area contributed by atoms with Crippen molar-refractivity contribution in [2.24, 2.45) is 0 Å². The third kappa shape index (κ3) is 5.61. The number of benzene rings is 3. The number of ether oxygens (including phenoxy) is 5. The van der Waals surface area contributed by atoms with Gasteiger partial charge in [0.1, 0.15) is 29.7 Å². The van der Waals surface area contributed by atoms with Gasteiger partial charge < -0.3 is 23.7 Å². The van der Waals surface area contributed by atoms with E-state index < -0.39 is 5.97 Å². The molecule has 3 rings (SSSR count). The molecule has 7 heteroatoms. The molecule has 0 aromatic heterocycles. The van der Waals surface area contributed by atoms with E-state index >= 15 is 0 Å². The molecule has 0 heterocycles. The molecule has 0 aliphatic carbocycles. The van der Waals surface area contributed by atoms with E-state index in [0.717, 1.165) is 22.6 Å². The molecule has 162 valence electrons. The van der Waals surface area contributed by atoms with Crippen molar-refractivity contribution in [1.82, 2.24) is 0 Å². The van der Waals surface area contributed by atoms with E-state index in [1.54, 1.807) is 26.4 Å². The average Bonchev–Trinajstić information content (AvgIpc) is 2.82. The minimum absolute atomic E-state index is 0.132. The van der Waals surface area contributed by atoms with Crippen molar-refractivity contribution in [3.63, 3.8) is 0 Å². The number of rotatable bonds is 9. The van der Waals surface area contributed by atoms with Crippen LogP contribution in [-0.4, -0.2) is 27.3 Å². The van der Waals surface area contributed by atoms with Crippen LogP contribution in [0.2, 0.25) is 5.02 Å². The molecular formula is C24H23ClO6. The molecule has 0 radical (unpaired) electrons. The number of esters is 1. The van der Waals surface area contributed by atoms with Crippen LogP contribution in [-0.2, 0) is 18.0 Å². The summed E-state index contributed by atoms with van der Waals surface area (Å²) in [4.78, 5) is 12.1. The van der Waals surface area contributed by atoms with Crippen molar-refractivity contribution in [3.05, 3.63) is 82.4 Å². The molecule has 0 unspecified atom stereocenters. The Morgan fingerprint density at radius 3 is 1.74 bits per heavy atom. The molecule has 0 aliphatic rings. The van der Waals surface area contributed by atoms with Crippen molar-refractivity contribution in [3.8, 4) is 23.0 Å². The van der Waals surface area contributed by atoms with Crippen molar-refractivity contribution < 1.29 is 28.5 Å². The first-order valence-electron chi connectivity index (χ1n) is 9.48. The van der Waals surface area contributed by atoms with Gasteiger partial charge in [-0.25, -0.2) is 4.79 Å². The van der Waals surface area contributed by atoms with Crippen LogP contribution in [0.5, 0.6) is 23.0 Å². The van der Waals surface area contributed by atoms with E-state index in [0.29, 0.717) is 5.75 Å². The quantitative estimate of drug-likeness (QED) is 0.419. The molecule has 0 atom stereocenters. The zero-order chi connectivity index (χ0) is 22.2. The number of carbonyl (C=O) groups excluding carboxylic acids is 1. The highest BCUT2D eigenvalue weighted by Gasteiger charge is 2.20. The highest BCUT2D eigenvalue weighted by atomic mass is 35.5. The van der Waals surface area contributed by atoms with E-state index in [9.17, 15) is 4.79 Å². The summed E-state index contributed by atoms with van der Waals surface area (Å²) in [6.45, 7) is 0.518. The minimum Gasteiger partial charge on any atom is -0.497 e. The lowest BCUT2D eigenvalue weighted by atomic mass is 10.2. The molecule has 3 aromatic rings. The van der Waals surface area contributed by atoms with Gasteiger partial charge in [0.15, 0.2) is 11.5 Å². The van der Waals surface area contributed by atoms with Crippen LogP contribution in [0.4, 0.5) is 0 Å². The van der Waals surface area contributed by atoms with Crippen LogP contribution in [0.3, 0.4) is 0 Å². The zero-order valence-corrected chi connectivity index (χ0v) is 18.3. The molecule has 0 saturated heterocycles. The normalized spacial score (nSPS) is 10.3. The second kappa shape index (κ2) is 10.6. The Bertz CT molecular complexity index is 1020. The first-order chi connectivity index (χ1) is 15.0. The third-order valence-corrected chi connectivity index (χ3v) is 4.94. The Morgan fingerprint density at radius 1 is 0.742 bits per heavy atom. The standard InChI is InChI=1S/C24H23ClO6/c1-27-18-8-4-16(5-9-18)14-30-21-13-12-20(24(26)29-3)22(25)23(21)31-15-17-6-10-19(28-2)11-7-17/h4-13H,14-15H2,1-3H3. The van der Waals surface area contributed by atoms with Crippen LogP contribution < -0.4 is 18.9 Å². The lowest BCUT2D eigenvalue weighted by Gasteiger charge is -2.16. The maximum absolute atomic E-state index is 12.1. The molecule has 0 spiro atoms. The lowest BCUT2D eigenvalue weighted by Crippen LogP contribution is -2.06. The van der Waals surface area contributed by atoms with Gasteiger partial charge in [-0.3, -0.25) is 0 Å². The van der Waals surface area contributed by atoms with Gasteiger partial charge >= 0.3 is 5.97 Å². The van der Waals surface area contributed by atoms with E-state index in [-0.39, 0.29) is 29.5 Å². The van der Waals surface area contributed by atoms with Crippen molar-refractivity contribution in [2.45, 2.75) is 13.2 Å². The van der Waals surface area contributed by atoms with Gasteiger partial charge in [-0.1, -0.05) is 35.9 Å². The highest BCUT2D eigenvalue weighted by molar-refractivity contribution is 6.35. The van der Waals surface area contributed by atoms with Gasteiger partial charge in [-0.05, 0) is 47.5 Å². The summed E-state index contributed by atoms with van der Waals surface area (Å²) in [5.41, 5.74) is 2.04. The van der Waals surface area contributed by atoms with Gasteiger partial charge in [-0.15, -0.1) is 0 Å². The van der Waals surface area contributed by atoms with Crippen LogP contribution in [0, 0.1) is 0 Å². The maximum Gasteiger partial charge on any atom is 0.339 e. The molecule has 0 amide bonds. The zero-order valence-electron chi connectivity index (χ0n) is 17.5. The fourth-order valence-corrected chi connectivity index (χ4v) is 3.10. The van der Waals surface area contributed by atoms with Gasteiger partial charge in [0.05, 0.1) is 26.9 Å². The summed E-state index contributed by atoms with van der Waals surface area (Å²) in [7, 11) is 4.52. The monoisotopic (exact) mass is 442 g/mol. The number of hydrogen-bond donors (Lipinski definition) is 0. The number of hydrogen-bond acceptors (Lipinski definition) is 6. The maximum atomic E-state index is 12.1. The van der Waals surface area contributed by atoms with Crippen LogP contribution in [0.25, 0.3) is 0 Å². The fourth-order valence-electron chi connectivity index (χ4n) is 2.81. The predicted octanol–water partition coefficient (Wildman–Crippen LogP) is 5.30. The summed E-state index contributed by atoms with van der Waals surface area (Å²) in [6, 6.07) is 18.2. The topological polar surface area (TPSA) is 63.2 Å². The SMILES string of the molecule is COC(=O)c1ccc(OCc2ccc(OC)cc2)c(OCc2ccc(OC)cc2)c1Cl. The molecule has 0 fully saturated rings. The lowest BCUT2D eigenvalue weighted by molar-refractivity contribution is 0.0600. The highest BCUT2D eigenvalue weighted by Crippen LogP contribution is 2.39. The van der Waals surface area contributed by atoms with E-state index in [1.807, 2.05) is 48.5 Å². The van der Waals surface area contributed by atoms with Gasteiger partial charge in [0.25, 0.3) is 0 Å². The number of carbonyl (C=O) groups is 1. The van der Waals surface area contributed by atoms with Crippen LogP contribution in [0.15, 0.2) is 60.7 Å². The summed E-state index contributed by atoms with van der Waals surface area (Å²) >= 11 is 6.48. The second-order valence-corrected chi connectivity index (χ2v) is 6.90. The van der Waals surface area contributed by atoms with Crippen molar-refractivity contribution in [1.29, 1.82) is 0 Å². The Balaban J connectivity index is 1.82. The summed E-state index contributed by atoms with van der Waals surface area (Å²) < 4.78 is 27.1. The van der Waals surface area contributed by atoms with Crippen LogP contribution in [0.1, 0.15) is 21.5 Å². The molecule has 0 aliphatic heterocycles. The van der Waals surface area contributed by atoms with Crippen LogP contribution >= 0.6 is 11.6 Å². The first kappa shape index (κ1) is 22.3. The molecule has 6 nitrogen and oxygen atoms in total. The minimum atomic E-state index is -0.555. The average molecular weight is 443 g/mol. The fraction of sp³-hybridized carbons (Fsp3) is 0.208. The molecule has 3 aromatic carbocycles. The van der Waals surface area contributed by atoms with Gasteiger partial charge in [0, 0.05) is 0 Å². The van der Waals surface area contributed by atoms with Gasteiger partial charge in [0.2, 0.25) is 0 Å².